The number of carbonyl (C=O) groups excluding carboxylic acids is 1. The van der Waals surface area contributed by atoms with Crippen LogP contribution in [0.1, 0.15) is 16.7 Å². The van der Waals surface area contributed by atoms with Crippen LogP contribution < -0.4 is 10.1 Å². The molecule has 4 nitrogen and oxygen atoms in total. The zero-order chi connectivity index (χ0) is 16.4. The third-order valence-electron chi connectivity index (χ3n) is 4.52. The van der Waals surface area contributed by atoms with Gasteiger partial charge >= 0.3 is 0 Å². The smallest absolute Gasteiger partial charge is 0.224 e. The van der Waals surface area contributed by atoms with Crippen molar-refractivity contribution in [3.8, 4) is 5.75 Å². The second-order valence-electron chi connectivity index (χ2n) is 6.18. The fourth-order valence-electron chi connectivity index (χ4n) is 3.26. The molecule has 3 aromatic rings. The van der Waals surface area contributed by atoms with Gasteiger partial charge in [0.2, 0.25) is 5.91 Å². The molecule has 24 heavy (non-hydrogen) atoms. The van der Waals surface area contributed by atoms with Crippen LogP contribution in [0.25, 0.3) is 10.9 Å². The van der Waals surface area contributed by atoms with Crippen molar-refractivity contribution in [3.05, 3.63) is 65.4 Å². The molecule has 0 saturated carbocycles. The number of aromatic nitrogens is 1. The number of ether oxygens (including phenoxy) is 1. The summed E-state index contributed by atoms with van der Waals surface area (Å²) in [6.07, 6.45) is 4.15. The molecule has 0 aliphatic carbocycles. The quantitative estimate of drug-likeness (QED) is 0.759. The van der Waals surface area contributed by atoms with E-state index in [0.29, 0.717) is 13.0 Å². The Morgan fingerprint density at radius 3 is 3.08 bits per heavy atom. The average molecular weight is 320 g/mol. The van der Waals surface area contributed by atoms with Crippen molar-refractivity contribution in [3.63, 3.8) is 0 Å². The average Bonchev–Trinajstić information content (AvgIpc) is 3.22. The third kappa shape index (κ3) is 3.00. The summed E-state index contributed by atoms with van der Waals surface area (Å²) in [5, 5.41) is 4.13. The van der Waals surface area contributed by atoms with E-state index >= 15 is 0 Å². The Morgan fingerprint density at radius 1 is 1.21 bits per heavy atom. The lowest BCUT2D eigenvalue weighted by atomic mass is 10.1. The molecule has 0 unspecified atom stereocenters. The molecule has 2 heterocycles. The molecule has 4 heteroatoms. The molecule has 0 radical (unpaired) electrons. The molecule has 1 aliphatic heterocycles. The number of benzene rings is 2. The van der Waals surface area contributed by atoms with Gasteiger partial charge in [0.1, 0.15) is 5.75 Å². The van der Waals surface area contributed by atoms with Crippen molar-refractivity contribution in [2.24, 2.45) is 0 Å². The van der Waals surface area contributed by atoms with Crippen LogP contribution >= 0.6 is 0 Å². The Kier molecular flexibility index (Phi) is 3.95. The van der Waals surface area contributed by atoms with Crippen LogP contribution in [0.5, 0.6) is 5.75 Å². The summed E-state index contributed by atoms with van der Waals surface area (Å²) in [6, 6.07) is 14.4. The predicted molar refractivity (Wildman–Crippen MR) is 94.4 cm³/mol. The first-order valence-corrected chi connectivity index (χ1v) is 8.36. The Hall–Kier alpha value is -2.75. The van der Waals surface area contributed by atoms with Gasteiger partial charge in [-0.2, -0.15) is 0 Å². The maximum Gasteiger partial charge on any atom is 0.224 e. The van der Waals surface area contributed by atoms with E-state index in [2.05, 4.69) is 22.4 Å². The number of nitrogens with one attached hydrogen (secondary N) is 2. The Morgan fingerprint density at radius 2 is 2.12 bits per heavy atom. The molecule has 0 saturated heterocycles. The van der Waals surface area contributed by atoms with E-state index in [1.54, 1.807) is 0 Å². The van der Waals surface area contributed by atoms with Gasteiger partial charge in [0, 0.05) is 30.1 Å². The number of aromatic amines is 1. The molecule has 1 aliphatic rings. The highest BCUT2D eigenvalue weighted by atomic mass is 16.5. The number of para-hydroxylation sites is 1. The minimum Gasteiger partial charge on any atom is -0.493 e. The van der Waals surface area contributed by atoms with Gasteiger partial charge in [-0.15, -0.1) is 0 Å². The summed E-state index contributed by atoms with van der Waals surface area (Å²) in [6.45, 7) is 1.43. The summed E-state index contributed by atoms with van der Waals surface area (Å²) in [4.78, 5) is 15.4. The fourth-order valence-corrected chi connectivity index (χ4v) is 3.26. The maximum absolute atomic E-state index is 12.2. The summed E-state index contributed by atoms with van der Waals surface area (Å²) in [7, 11) is 0. The zero-order valence-corrected chi connectivity index (χ0v) is 13.5. The molecule has 1 aromatic heterocycles. The van der Waals surface area contributed by atoms with Crippen molar-refractivity contribution in [1.82, 2.24) is 10.3 Å². The molecule has 0 atom stereocenters. The summed E-state index contributed by atoms with van der Waals surface area (Å²) in [5.41, 5.74) is 4.63. The molecule has 0 fully saturated rings. The lowest BCUT2D eigenvalue weighted by molar-refractivity contribution is -0.120. The normalized spacial score (nSPS) is 12.8. The second kappa shape index (κ2) is 6.40. The van der Waals surface area contributed by atoms with Gasteiger partial charge in [0.15, 0.2) is 0 Å². The van der Waals surface area contributed by atoms with Crippen LogP contribution in [0.3, 0.4) is 0 Å². The number of H-pyrrole nitrogens is 1. The largest absolute Gasteiger partial charge is 0.493 e. The van der Waals surface area contributed by atoms with Crippen LogP contribution in [-0.2, 0) is 24.1 Å². The van der Waals surface area contributed by atoms with Gasteiger partial charge in [-0.3, -0.25) is 4.79 Å². The molecule has 2 N–H and O–H groups in total. The molecule has 0 bridgehead atoms. The lowest BCUT2D eigenvalue weighted by Gasteiger charge is -2.06. The Bertz CT molecular complexity index is 882. The van der Waals surface area contributed by atoms with Crippen LogP contribution in [0, 0.1) is 0 Å². The number of rotatable bonds is 5. The molecule has 122 valence electrons. The summed E-state index contributed by atoms with van der Waals surface area (Å²) >= 11 is 0. The summed E-state index contributed by atoms with van der Waals surface area (Å²) < 4.78 is 5.52. The van der Waals surface area contributed by atoms with Crippen LogP contribution in [0.15, 0.2) is 48.7 Å². The lowest BCUT2D eigenvalue weighted by Crippen LogP contribution is -2.27. The first kappa shape index (κ1) is 14.8. The van der Waals surface area contributed by atoms with E-state index in [1.165, 1.54) is 11.1 Å². The van der Waals surface area contributed by atoms with Crippen molar-refractivity contribution >= 4 is 16.8 Å². The topological polar surface area (TPSA) is 54.1 Å². The molecular weight excluding hydrogens is 300 g/mol. The molecule has 0 spiro atoms. The molecule has 2 aromatic carbocycles. The van der Waals surface area contributed by atoms with E-state index in [-0.39, 0.29) is 5.91 Å². The van der Waals surface area contributed by atoms with E-state index in [0.717, 1.165) is 41.7 Å². The van der Waals surface area contributed by atoms with E-state index in [1.807, 2.05) is 36.5 Å². The minimum atomic E-state index is 0.0595. The first-order chi connectivity index (χ1) is 11.8. The molecular formula is C20H20N2O2. The van der Waals surface area contributed by atoms with Gasteiger partial charge in [-0.1, -0.05) is 30.3 Å². The van der Waals surface area contributed by atoms with Crippen molar-refractivity contribution < 1.29 is 9.53 Å². The molecule has 4 rings (SSSR count). The highest BCUT2D eigenvalue weighted by Gasteiger charge is 2.12. The van der Waals surface area contributed by atoms with Gasteiger partial charge in [0.05, 0.1) is 13.0 Å². The first-order valence-electron chi connectivity index (χ1n) is 8.36. The number of hydrogen-bond donors (Lipinski definition) is 2. The number of amides is 1. The maximum atomic E-state index is 12.2. The SMILES string of the molecule is O=C(Cc1c[nH]c2ccccc12)NCCc1ccc2c(c1)CCO2. The monoisotopic (exact) mass is 320 g/mol. The second-order valence-corrected chi connectivity index (χ2v) is 6.18. The van der Waals surface area contributed by atoms with Crippen molar-refractivity contribution in [2.45, 2.75) is 19.3 Å². The van der Waals surface area contributed by atoms with Crippen LogP contribution in [0.2, 0.25) is 0 Å². The van der Waals surface area contributed by atoms with Crippen LogP contribution in [-0.4, -0.2) is 24.0 Å². The Labute approximate surface area is 140 Å². The minimum absolute atomic E-state index is 0.0595. The Balaban J connectivity index is 1.32. The van der Waals surface area contributed by atoms with Gasteiger partial charge < -0.3 is 15.0 Å². The summed E-state index contributed by atoms with van der Waals surface area (Å²) in [5.74, 6) is 1.06. The zero-order valence-electron chi connectivity index (χ0n) is 13.5. The van der Waals surface area contributed by atoms with Gasteiger partial charge in [0.25, 0.3) is 0 Å². The third-order valence-corrected chi connectivity index (χ3v) is 4.52. The highest BCUT2D eigenvalue weighted by Crippen LogP contribution is 2.25. The standard InChI is InChI=1S/C20H20N2O2/c23-20(12-16-13-22-18-4-2-1-3-17(16)18)21-9-7-14-5-6-19-15(11-14)8-10-24-19/h1-6,11,13,22H,7-10,12H2,(H,21,23). The van der Waals surface area contributed by atoms with Gasteiger partial charge in [-0.25, -0.2) is 0 Å². The van der Waals surface area contributed by atoms with E-state index < -0.39 is 0 Å². The molecule has 1 amide bonds. The number of carbonyl (C=O) groups is 1. The number of fused-ring (bicyclic) bond motifs is 2. The van der Waals surface area contributed by atoms with Crippen molar-refractivity contribution in [2.75, 3.05) is 13.2 Å². The van der Waals surface area contributed by atoms with Crippen molar-refractivity contribution in [1.29, 1.82) is 0 Å². The fraction of sp³-hybridized carbons (Fsp3) is 0.250. The van der Waals surface area contributed by atoms with E-state index in [4.69, 9.17) is 4.74 Å². The number of hydrogen-bond acceptors (Lipinski definition) is 2. The predicted octanol–water partition coefficient (Wildman–Crippen LogP) is 3.00. The van der Waals surface area contributed by atoms with Gasteiger partial charge in [-0.05, 0) is 35.2 Å². The van der Waals surface area contributed by atoms with Crippen LogP contribution in [0.4, 0.5) is 0 Å². The highest BCUT2D eigenvalue weighted by molar-refractivity contribution is 5.88. The van der Waals surface area contributed by atoms with E-state index in [9.17, 15) is 4.79 Å².